The number of aromatic nitrogens is 2. The average molecular weight is 355 g/mol. The van der Waals surface area contributed by atoms with E-state index in [0.717, 1.165) is 16.9 Å². The van der Waals surface area contributed by atoms with Gasteiger partial charge in [-0.15, -0.1) is 12.4 Å². The van der Waals surface area contributed by atoms with Crippen molar-refractivity contribution in [3.63, 3.8) is 0 Å². The standard InChI is InChI=1S/C19H18N4O.ClH/c1-12-3-5-14(6-4-12)17-11-18(22-13(2)21-17)23-16-9-7-15(8-10-16)19(20)24;/h3-11H,1-2H3,(H2,20,24)(H,21,22,23);1H. The Morgan fingerprint density at radius 1 is 0.960 bits per heavy atom. The van der Waals surface area contributed by atoms with Crippen molar-refractivity contribution in [1.82, 2.24) is 9.97 Å². The van der Waals surface area contributed by atoms with E-state index in [4.69, 9.17) is 5.73 Å². The molecule has 3 aromatic rings. The molecule has 2 aromatic carbocycles. The molecule has 0 saturated heterocycles. The summed E-state index contributed by atoms with van der Waals surface area (Å²) in [4.78, 5) is 20.0. The van der Waals surface area contributed by atoms with E-state index in [-0.39, 0.29) is 12.4 Å². The number of anilines is 2. The van der Waals surface area contributed by atoms with E-state index in [2.05, 4.69) is 34.3 Å². The van der Waals surface area contributed by atoms with Crippen molar-refractivity contribution in [2.45, 2.75) is 13.8 Å². The number of carbonyl (C=O) groups is 1. The fourth-order valence-electron chi connectivity index (χ4n) is 2.37. The molecule has 1 amide bonds. The summed E-state index contributed by atoms with van der Waals surface area (Å²) in [7, 11) is 0. The van der Waals surface area contributed by atoms with E-state index in [0.29, 0.717) is 17.2 Å². The van der Waals surface area contributed by atoms with Gasteiger partial charge in [0, 0.05) is 22.9 Å². The highest BCUT2D eigenvalue weighted by molar-refractivity contribution is 5.93. The molecule has 0 aliphatic heterocycles. The third-order valence-electron chi connectivity index (χ3n) is 3.63. The van der Waals surface area contributed by atoms with E-state index >= 15 is 0 Å². The smallest absolute Gasteiger partial charge is 0.248 e. The second-order valence-electron chi connectivity index (χ2n) is 5.62. The summed E-state index contributed by atoms with van der Waals surface area (Å²) < 4.78 is 0. The molecule has 0 atom stereocenters. The van der Waals surface area contributed by atoms with Crippen LogP contribution < -0.4 is 11.1 Å². The number of nitrogens with one attached hydrogen (secondary N) is 1. The van der Waals surface area contributed by atoms with Gasteiger partial charge in [-0.1, -0.05) is 29.8 Å². The summed E-state index contributed by atoms with van der Waals surface area (Å²) in [5, 5.41) is 3.23. The summed E-state index contributed by atoms with van der Waals surface area (Å²) in [6.45, 7) is 3.91. The van der Waals surface area contributed by atoms with E-state index in [1.807, 2.05) is 25.1 Å². The molecule has 25 heavy (non-hydrogen) atoms. The minimum absolute atomic E-state index is 0. The largest absolute Gasteiger partial charge is 0.366 e. The highest BCUT2D eigenvalue weighted by atomic mass is 35.5. The Balaban J connectivity index is 0.00000225. The maximum atomic E-state index is 11.1. The normalized spacial score (nSPS) is 10.0. The number of aryl methyl sites for hydroxylation is 2. The van der Waals surface area contributed by atoms with Crippen LogP contribution in [0, 0.1) is 13.8 Å². The fourth-order valence-corrected chi connectivity index (χ4v) is 2.37. The number of hydrogen-bond donors (Lipinski definition) is 2. The zero-order chi connectivity index (χ0) is 17.1. The van der Waals surface area contributed by atoms with E-state index in [1.54, 1.807) is 24.3 Å². The molecular formula is C19H19ClN4O. The van der Waals surface area contributed by atoms with Crippen LogP contribution in [0.15, 0.2) is 54.6 Å². The van der Waals surface area contributed by atoms with Crippen molar-refractivity contribution in [3.8, 4) is 11.3 Å². The first kappa shape index (κ1) is 18.4. The Kier molecular flexibility index (Phi) is 5.72. The van der Waals surface area contributed by atoms with Crippen molar-refractivity contribution in [2.75, 3.05) is 5.32 Å². The first-order chi connectivity index (χ1) is 11.5. The van der Waals surface area contributed by atoms with Gasteiger partial charge >= 0.3 is 0 Å². The molecule has 3 rings (SSSR count). The lowest BCUT2D eigenvalue weighted by molar-refractivity contribution is 0.100. The van der Waals surface area contributed by atoms with E-state index < -0.39 is 5.91 Å². The quantitative estimate of drug-likeness (QED) is 0.741. The summed E-state index contributed by atoms with van der Waals surface area (Å²) in [5.74, 6) is 0.940. The van der Waals surface area contributed by atoms with Crippen LogP contribution in [0.3, 0.4) is 0 Å². The van der Waals surface area contributed by atoms with Crippen LogP contribution in [0.5, 0.6) is 0 Å². The van der Waals surface area contributed by atoms with Crippen LogP contribution in [0.1, 0.15) is 21.7 Å². The van der Waals surface area contributed by atoms with Gasteiger partial charge in [0.15, 0.2) is 0 Å². The Bertz CT molecular complexity index is 877. The predicted molar refractivity (Wildman–Crippen MR) is 102 cm³/mol. The Morgan fingerprint density at radius 2 is 1.60 bits per heavy atom. The SMILES string of the molecule is Cc1ccc(-c2cc(Nc3ccc(C(N)=O)cc3)nc(C)n2)cc1.Cl. The van der Waals surface area contributed by atoms with Gasteiger partial charge in [-0.3, -0.25) is 4.79 Å². The first-order valence-corrected chi connectivity index (χ1v) is 7.61. The number of nitrogens with zero attached hydrogens (tertiary/aromatic N) is 2. The average Bonchev–Trinajstić information content (AvgIpc) is 2.55. The van der Waals surface area contributed by atoms with Crippen LogP contribution in [-0.2, 0) is 0 Å². The minimum Gasteiger partial charge on any atom is -0.366 e. The predicted octanol–water partition coefficient (Wildman–Crippen LogP) is 4.02. The monoisotopic (exact) mass is 354 g/mol. The van der Waals surface area contributed by atoms with Crippen molar-refractivity contribution >= 4 is 29.8 Å². The Hall–Kier alpha value is -2.92. The molecule has 0 aliphatic rings. The second-order valence-corrected chi connectivity index (χ2v) is 5.62. The number of carbonyl (C=O) groups excluding carboxylic acids is 1. The third-order valence-corrected chi connectivity index (χ3v) is 3.63. The molecule has 1 heterocycles. The number of amides is 1. The Labute approximate surface area is 152 Å². The molecule has 0 radical (unpaired) electrons. The molecule has 6 heteroatoms. The van der Waals surface area contributed by atoms with Crippen LogP contribution in [0.2, 0.25) is 0 Å². The third kappa shape index (κ3) is 4.55. The van der Waals surface area contributed by atoms with Gasteiger partial charge in [-0.2, -0.15) is 0 Å². The highest BCUT2D eigenvalue weighted by Crippen LogP contribution is 2.22. The van der Waals surface area contributed by atoms with Crippen LogP contribution in [0.25, 0.3) is 11.3 Å². The number of rotatable bonds is 4. The number of benzene rings is 2. The Morgan fingerprint density at radius 3 is 2.20 bits per heavy atom. The van der Waals surface area contributed by atoms with Gasteiger partial charge in [0.25, 0.3) is 0 Å². The molecule has 0 aliphatic carbocycles. The maximum absolute atomic E-state index is 11.1. The van der Waals surface area contributed by atoms with Crippen LogP contribution >= 0.6 is 12.4 Å². The van der Waals surface area contributed by atoms with Crippen molar-refractivity contribution in [1.29, 1.82) is 0 Å². The molecular weight excluding hydrogens is 336 g/mol. The maximum Gasteiger partial charge on any atom is 0.248 e. The van der Waals surface area contributed by atoms with Gasteiger partial charge in [0.1, 0.15) is 11.6 Å². The second kappa shape index (κ2) is 7.77. The lowest BCUT2D eigenvalue weighted by Gasteiger charge is -2.09. The summed E-state index contributed by atoms with van der Waals surface area (Å²) in [6.07, 6.45) is 0. The lowest BCUT2D eigenvalue weighted by Crippen LogP contribution is -2.10. The molecule has 0 saturated carbocycles. The summed E-state index contributed by atoms with van der Waals surface area (Å²) in [6, 6.07) is 17.1. The van der Waals surface area contributed by atoms with Gasteiger partial charge in [-0.05, 0) is 38.1 Å². The molecule has 0 bridgehead atoms. The van der Waals surface area contributed by atoms with Gasteiger partial charge in [0.2, 0.25) is 5.91 Å². The number of primary amides is 1. The van der Waals surface area contributed by atoms with Crippen molar-refractivity contribution in [3.05, 3.63) is 71.5 Å². The minimum atomic E-state index is -0.443. The zero-order valence-corrected chi connectivity index (χ0v) is 14.8. The molecule has 5 nitrogen and oxygen atoms in total. The molecule has 0 unspecified atom stereocenters. The van der Waals surface area contributed by atoms with Gasteiger partial charge in [0.05, 0.1) is 5.69 Å². The van der Waals surface area contributed by atoms with Crippen molar-refractivity contribution < 1.29 is 4.79 Å². The number of hydrogen-bond acceptors (Lipinski definition) is 4. The van der Waals surface area contributed by atoms with Crippen LogP contribution in [0.4, 0.5) is 11.5 Å². The summed E-state index contributed by atoms with van der Waals surface area (Å²) in [5.41, 5.74) is 9.66. The molecule has 0 fully saturated rings. The van der Waals surface area contributed by atoms with E-state index in [1.165, 1.54) is 5.56 Å². The molecule has 128 valence electrons. The number of halogens is 1. The number of nitrogens with two attached hydrogens (primary N) is 1. The zero-order valence-electron chi connectivity index (χ0n) is 14.0. The van der Waals surface area contributed by atoms with Gasteiger partial charge in [-0.25, -0.2) is 9.97 Å². The summed E-state index contributed by atoms with van der Waals surface area (Å²) >= 11 is 0. The fraction of sp³-hybridized carbons (Fsp3) is 0.105. The highest BCUT2D eigenvalue weighted by Gasteiger charge is 2.06. The topological polar surface area (TPSA) is 80.9 Å². The van der Waals surface area contributed by atoms with Crippen molar-refractivity contribution in [2.24, 2.45) is 5.73 Å². The van der Waals surface area contributed by atoms with E-state index in [9.17, 15) is 4.79 Å². The molecule has 1 aromatic heterocycles. The molecule has 0 spiro atoms. The first-order valence-electron chi connectivity index (χ1n) is 7.61. The lowest BCUT2D eigenvalue weighted by atomic mass is 10.1. The van der Waals surface area contributed by atoms with Gasteiger partial charge < -0.3 is 11.1 Å². The molecule has 3 N–H and O–H groups in total. The van der Waals surface area contributed by atoms with Crippen LogP contribution in [-0.4, -0.2) is 15.9 Å².